The molecule has 0 aromatic rings. The first kappa shape index (κ1) is 15.4. The van der Waals surface area contributed by atoms with E-state index >= 15 is 0 Å². The summed E-state index contributed by atoms with van der Waals surface area (Å²) in [6, 6.07) is 0. The van der Waals surface area contributed by atoms with Gasteiger partial charge in [-0.05, 0) is 38.4 Å². The van der Waals surface area contributed by atoms with Crippen molar-refractivity contribution in [3.63, 3.8) is 0 Å². The molecular weight excluding hydrogens is 194 g/mol. The SMILES string of the molecule is CCC(C)C1=CC=CC1.CCN(CC)CC. The zero-order valence-corrected chi connectivity index (χ0v) is 11.8. The fourth-order valence-electron chi connectivity index (χ4n) is 1.76. The van der Waals surface area contributed by atoms with Crippen molar-refractivity contribution >= 4 is 0 Å². The van der Waals surface area contributed by atoms with Crippen molar-refractivity contribution in [2.45, 2.75) is 47.5 Å². The first-order valence-electron chi connectivity index (χ1n) is 6.77. The summed E-state index contributed by atoms with van der Waals surface area (Å²) in [6.07, 6.45) is 9.08. The third-order valence-electron chi connectivity index (χ3n) is 3.39. The van der Waals surface area contributed by atoms with Crippen LogP contribution in [0.1, 0.15) is 47.5 Å². The third kappa shape index (κ3) is 6.12. The van der Waals surface area contributed by atoms with Crippen molar-refractivity contribution in [1.82, 2.24) is 4.90 Å². The largest absolute Gasteiger partial charge is 0.304 e. The zero-order valence-electron chi connectivity index (χ0n) is 11.8. The van der Waals surface area contributed by atoms with Gasteiger partial charge in [-0.15, -0.1) is 0 Å². The van der Waals surface area contributed by atoms with Crippen molar-refractivity contribution in [1.29, 1.82) is 0 Å². The minimum atomic E-state index is 0.792. The molecule has 1 nitrogen and oxygen atoms in total. The van der Waals surface area contributed by atoms with Crippen LogP contribution in [-0.2, 0) is 0 Å². The highest BCUT2D eigenvalue weighted by atomic mass is 15.1. The Hall–Kier alpha value is -0.560. The van der Waals surface area contributed by atoms with Crippen LogP contribution in [0.4, 0.5) is 0 Å². The maximum absolute atomic E-state index is 2.38. The van der Waals surface area contributed by atoms with Gasteiger partial charge in [-0.25, -0.2) is 0 Å². The molecule has 0 saturated carbocycles. The Labute approximate surface area is 102 Å². The van der Waals surface area contributed by atoms with Gasteiger partial charge in [0.05, 0.1) is 0 Å². The van der Waals surface area contributed by atoms with E-state index < -0.39 is 0 Å². The van der Waals surface area contributed by atoms with E-state index in [-0.39, 0.29) is 0 Å². The van der Waals surface area contributed by atoms with E-state index in [0.717, 1.165) is 5.92 Å². The van der Waals surface area contributed by atoms with Gasteiger partial charge in [0.25, 0.3) is 0 Å². The Morgan fingerprint density at radius 3 is 1.94 bits per heavy atom. The molecule has 1 unspecified atom stereocenters. The number of hydrogen-bond acceptors (Lipinski definition) is 1. The summed E-state index contributed by atoms with van der Waals surface area (Å²) in [6.45, 7) is 14.7. The van der Waals surface area contributed by atoms with Gasteiger partial charge in [-0.1, -0.05) is 58.4 Å². The maximum atomic E-state index is 2.38. The van der Waals surface area contributed by atoms with Gasteiger partial charge in [-0.3, -0.25) is 0 Å². The van der Waals surface area contributed by atoms with Gasteiger partial charge in [0.2, 0.25) is 0 Å². The lowest BCUT2D eigenvalue weighted by atomic mass is 9.98. The van der Waals surface area contributed by atoms with E-state index in [4.69, 9.17) is 0 Å². The third-order valence-corrected chi connectivity index (χ3v) is 3.39. The lowest BCUT2D eigenvalue weighted by Gasteiger charge is -2.13. The van der Waals surface area contributed by atoms with Crippen molar-refractivity contribution in [3.8, 4) is 0 Å². The summed E-state index contributed by atoms with van der Waals surface area (Å²) in [4.78, 5) is 2.38. The molecule has 0 N–H and O–H groups in total. The normalized spacial score (nSPS) is 15.8. The van der Waals surface area contributed by atoms with Crippen molar-refractivity contribution < 1.29 is 0 Å². The highest BCUT2D eigenvalue weighted by molar-refractivity contribution is 5.24. The molecule has 0 bridgehead atoms. The van der Waals surface area contributed by atoms with Crippen LogP contribution in [0.25, 0.3) is 0 Å². The number of hydrogen-bond donors (Lipinski definition) is 0. The average Bonchev–Trinajstić information content (AvgIpc) is 2.85. The summed E-state index contributed by atoms with van der Waals surface area (Å²) in [5.74, 6) is 0.792. The molecule has 1 aliphatic rings. The van der Waals surface area contributed by atoms with E-state index in [1.165, 1.54) is 32.5 Å². The molecule has 0 spiro atoms. The fraction of sp³-hybridized carbons (Fsp3) is 0.733. The second-order valence-corrected chi connectivity index (χ2v) is 4.30. The number of allylic oxidation sites excluding steroid dienone is 4. The molecule has 1 heteroatoms. The van der Waals surface area contributed by atoms with Crippen LogP contribution < -0.4 is 0 Å². The minimum absolute atomic E-state index is 0.792. The van der Waals surface area contributed by atoms with Gasteiger partial charge in [-0.2, -0.15) is 0 Å². The molecule has 16 heavy (non-hydrogen) atoms. The lowest BCUT2D eigenvalue weighted by Crippen LogP contribution is -2.21. The van der Waals surface area contributed by atoms with Crippen LogP contribution in [0.15, 0.2) is 23.8 Å². The molecule has 0 heterocycles. The van der Waals surface area contributed by atoms with Gasteiger partial charge in [0.15, 0.2) is 0 Å². The molecule has 1 rings (SSSR count). The van der Waals surface area contributed by atoms with E-state index in [0.29, 0.717) is 0 Å². The molecule has 0 fully saturated rings. The summed E-state index contributed by atoms with van der Waals surface area (Å²) in [7, 11) is 0. The van der Waals surface area contributed by atoms with Crippen LogP contribution in [0.5, 0.6) is 0 Å². The fourth-order valence-corrected chi connectivity index (χ4v) is 1.76. The van der Waals surface area contributed by atoms with E-state index in [1.807, 2.05) is 0 Å². The average molecular weight is 223 g/mol. The number of rotatable bonds is 5. The van der Waals surface area contributed by atoms with Gasteiger partial charge < -0.3 is 4.90 Å². The summed E-state index contributed by atoms with van der Waals surface area (Å²) in [5, 5.41) is 0. The first-order valence-corrected chi connectivity index (χ1v) is 6.77. The van der Waals surface area contributed by atoms with Gasteiger partial charge in [0, 0.05) is 0 Å². The standard InChI is InChI=1S/C9H14.C6H15N/c1-3-8(2)9-6-4-5-7-9;1-4-7(5-2)6-3/h4-6,8H,3,7H2,1-2H3;4-6H2,1-3H3. The first-order chi connectivity index (χ1) is 7.69. The molecule has 0 aromatic heterocycles. The molecule has 0 aromatic carbocycles. The Morgan fingerprint density at radius 1 is 1.12 bits per heavy atom. The maximum Gasteiger partial charge on any atom is -0.00474 e. The molecule has 0 saturated heterocycles. The Bertz CT molecular complexity index is 206. The summed E-state index contributed by atoms with van der Waals surface area (Å²) >= 11 is 0. The summed E-state index contributed by atoms with van der Waals surface area (Å²) in [5.41, 5.74) is 1.59. The number of nitrogens with zero attached hydrogens (tertiary/aromatic N) is 1. The van der Waals surface area contributed by atoms with E-state index in [9.17, 15) is 0 Å². The zero-order chi connectivity index (χ0) is 12.4. The Kier molecular flexibility index (Phi) is 9.31. The van der Waals surface area contributed by atoms with Crippen molar-refractivity contribution in [2.75, 3.05) is 19.6 Å². The minimum Gasteiger partial charge on any atom is -0.304 e. The van der Waals surface area contributed by atoms with Crippen molar-refractivity contribution in [2.24, 2.45) is 5.92 Å². The highest BCUT2D eigenvalue weighted by Crippen LogP contribution is 2.21. The van der Waals surface area contributed by atoms with E-state index in [2.05, 4.69) is 57.7 Å². The predicted molar refractivity (Wildman–Crippen MR) is 74.8 cm³/mol. The van der Waals surface area contributed by atoms with Crippen molar-refractivity contribution in [3.05, 3.63) is 23.8 Å². The molecular formula is C15H29N. The quantitative estimate of drug-likeness (QED) is 0.673. The highest BCUT2D eigenvalue weighted by Gasteiger charge is 2.05. The topological polar surface area (TPSA) is 3.24 Å². The second-order valence-electron chi connectivity index (χ2n) is 4.30. The molecule has 1 aliphatic carbocycles. The van der Waals surface area contributed by atoms with Crippen LogP contribution in [0.3, 0.4) is 0 Å². The van der Waals surface area contributed by atoms with E-state index in [1.54, 1.807) is 5.57 Å². The molecule has 1 atom stereocenters. The predicted octanol–water partition coefficient (Wildman–Crippen LogP) is 4.27. The Balaban J connectivity index is 0.000000293. The molecule has 0 aliphatic heterocycles. The monoisotopic (exact) mass is 223 g/mol. The van der Waals surface area contributed by atoms with Gasteiger partial charge in [0.1, 0.15) is 0 Å². The van der Waals surface area contributed by atoms with Gasteiger partial charge >= 0.3 is 0 Å². The molecule has 0 amide bonds. The van der Waals surface area contributed by atoms with Crippen LogP contribution in [-0.4, -0.2) is 24.5 Å². The Morgan fingerprint density at radius 2 is 1.69 bits per heavy atom. The smallest absolute Gasteiger partial charge is 0.00474 e. The summed E-state index contributed by atoms with van der Waals surface area (Å²) < 4.78 is 0. The van der Waals surface area contributed by atoms with Crippen LogP contribution in [0, 0.1) is 5.92 Å². The molecule has 0 radical (unpaired) electrons. The second kappa shape index (κ2) is 9.65. The molecule has 94 valence electrons. The lowest BCUT2D eigenvalue weighted by molar-refractivity contribution is 0.321. The van der Waals surface area contributed by atoms with Crippen LogP contribution in [0.2, 0.25) is 0 Å². The van der Waals surface area contributed by atoms with Crippen LogP contribution >= 0.6 is 0 Å².